The van der Waals surface area contributed by atoms with Gasteiger partial charge in [0.05, 0.1) is 22.7 Å². The first-order chi connectivity index (χ1) is 23.0. The van der Waals surface area contributed by atoms with Crippen molar-refractivity contribution in [2.75, 3.05) is 37.6 Å². The summed E-state index contributed by atoms with van der Waals surface area (Å²) in [5, 5.41) is 38.8. The van der Waals surface area contributed by atoms with Crippen molar-refractivity contribution in [3.05, 3.63) is 94.8 Å². The average Bonchev–Trinajstić information content (AvgIpc) is 3.35. The molecule has 0 unspecified atom stereocenters. The summed E-state index contributed by atoms with van der Waals surface area (Å²) >= 11 is 0. The van der Waals surface area contributed by atoms with Crippen molar-refractivity contribution in [2.24, 2.45) is 20.4 Å². The Morgan fingerprint density at radius 1 is 0.896 bits per heavy atom. The van der Waals surface area contributed by atoms with E-state index in [9.17, 15) is 29.6 Å². The molecule has 1 aromatic heterocycles. The predicted molar refractivity (Wildman–Crippen MR) is 179 cm³/mol. The van der Waals surface area contributed by atoms with E-state index in [4.69, 9.17) is 0 Å². The number of rotatable bonds is 10. The van der Waals surface area contributed by atoms with Gasteiger partial charge in [-0.2, -0.15) is 19.8 Å². The van der Waals surface area contributed by atoms with E-state index in [0.717, 1.165) is 23.2 Å². The van der Waals surface area contributed by atoms with Crippen LogP contribution in [0, 0.1) is 10.4 Å². The van der Waals surface area contributed by atoms with Gasteiger partial charge in [0.1, 0.15) is 5.71 Å². The van der Waals surface area contributed by atoms with Crippen LogP contribution in [0.25, 0.3) is 5.70 Å². The highest BCUT2D eigenvalue weighted by Gasteiger charge is 2.42. The Morgan fingerprint density at radius 3 is 2.27 bits per heavy atom. The molecule has 3 heterocycles. The lowest BCUT2D eigenvalue weighted by Gasteiger charge is -2.39. The van der Waals surface area contributed by atoms with Gasteiger partial charge in [-0.15, -0.1) is 10.2 Å². The summed E-state index contributed by atoms with van der Waals surface area (Å²) in [5.74, 6) is -2.13. The predicted octanol–water partition coefficient (Wildman–Crippen LogP) is 1.83. The minimum absolute atomic E-state index is 0.0828. The van der Waals surface area contributed by atoms with Crippen LogP contribution in [0.15, 0.2) is 105 Å². The minimum Gasteiger partial charge on any atom is -0.769 e. The maximum absolute atomic E-state index is 13.5. The Balaban J connectivity index is 1.35. The fraction of sp³-hybridized carbons (Fsp3) is 0.219. The molecule has 0 saturated carbocycles. The maximum atomic E-state index is 13.5. The van der Waals surface area contributed by atoms with Gasteiger partial charge in [0, 0.05) is 24.4 Å². The number of ketones is 1. The van der Waals surface area contributed by atoms with Gasteiger partial charge in [0.2, 0.25) is 5.78 Å². The molecule has 246 valence electrons. The third-order valence-electron chi connectivity index (χ3n) is 7.37. The Kier molecular flexibility index (Phi) is 9.88. The van der Waals surface area contributed by atoms with E-state index in [-0.39, 0.29) is 35.1 Å². The molecule has 0 saturated heterocycles. The van der Waals surface area contributed by atoms with Gasteiger partial charge in [-0.25, -0.2) is 0 Å². The number of allylic oxidation sites excluding steroid dienone is 3. The van der Waals surface area contributed by atoms with Gasteiger partial charge in [-0.05, 0) is 83.4 Å². The lowest BCUT2D eigenvalue weighted by atomic mass is 10.0. The van der Waals surface area contributed by atoms with E-state index in [0.29, 0.717) is 35.6 Å². The van der Waals surface area contributed by atoms with Gasteiger partial charge in [-0.1, -0.05) is 6.07 Å². The normalized spacial score (nSPS) is 19.4. The number of carbonyl (C=O) groups is 4. The van der Waals surface area contributed by atoms with E-state index < -0.39 is 28.7 Å². The Morgan fingerprint density at radius 2 is 1.60 bits per heavy atom. The second kappa shape index (κ2) is 14.2. The fourth-order valence-corrected chi connectivity index (χ4v) is 4.90. The number of hydrogen-bond acceptors (Lipinski definition) is 13. The zero-order valence-electron chi connectivity index (χ0n) is 26.5. The summed E-state index contributed by atoms with van der Waals surface area (Å²) < 4.78 is 1.66. The Bertz CT molecular complexity index is 1870. The zero-order valence-corrected chi connectivity index (χ0v) is 26.5. The van der Waals surface area contributed by atoms with Crippen molar-refractivity contribution < 1.29 is 23.7 Å². The molecular weight excluding hydrogens is 620 g/mol. The number of nitrogens with one attached hydrogen (secondary N) is 1. The summed E-state index contributed by atoms with van der Waals surface area (Å²) in [6.07, 6.45) is 7.10. The molecule has 3 amide bonds. The molecule has 2 aliphatic heterocycles. The maximum Gasteiger partial charge on any atom is 0.326 e. The zero-order chi connectivity index (χ0) is 34.5. The van der Waals surface area contributed by atoms with Gasteiger partial charge in [-0.3, -0.25) is 29.5 Å². The molecule has 5 rings (SSSR count). The molecule has 48 heavy (non-hydrogen) atoms. The number of aromatic nitrogens is 1. The van der Waals surface area contributed by atoms with Crippen molar-refractivity contribution >= 4 is 63.4 Å². The summed E-state index contributed by atoms with van der Waals surface area (Å²) in [5.41, 5.74) is 4.03. The van der Waals surface area contributed by atoms with Crippen molar-refractivity contribution in [1.29, 1.82) is 0 Å². The van der Waals surface area contributed by atoms with Crippen LogP contribution >= 0.6 is 0 Å². The SMILES string of the molecule is CC1=NN(c2ccc(N/N=C3/C(=O)N(CCCN(C)C)C(=O)C([n+]4ccccc4)=C3C)cc2)C(=O)/C1=N/N=C1/C=C(N([O-])[O-])C=CC1=O. The standard InChI is InChI=1S/C32H31N10O6/c1-20-27(30(44)40(18-8-15-38(3)4)32(46)29(20)39-16-6-5-7-17-39)35-33-22-9-11-23(12-10-22)41-31(45)28(21(2)37-41)36-34-25-19-24(42(47)48)13-14-26(25)43/h5-7,9-14,16-17,19,33H,8,15,18H2,1-4H3/q-1/b34-25-,35-27+,36-28+. The molecule has 0 fully saturated rings. The number of carbonyl (C=O) groups excluding carboxylic acids is 4. The summed E-state index contributed by atoms with van der Waals surface area (Å²) in [7, 11) is 3.83. The van der Waals surface area contributed by atoms with Gasteiger partial charge in [0.25, 0.3) is 11.6 Å². The molecule has 0 spiro atoms. The van der Waals surface area contributed by atoms with Crippen molar-refractivity contribution in [3.63, 3.8) is 0 Å². The van der Waals surface area contributed by atoms with Gasteiger partial charge >= 0.3 is 11.8 Å². The monoisotopic (exact) mass is 651 g/mol. The molecule has 2 aromatic rings. The topological polar surface area (TPSA) is 193 Å². The molecule has 1 aliphatic carbocycles. The molecule has 1 N–H and O–H groups in total. The van der Waals surface area contributed by atoms with E-state index in [2.05, 4.69) is 25.8 Å². The first kappa shape index (κ1) is 33.4. The van der Waals surface area contributed by atoms with E-state index >= 15 is 0 Å². The molecule has 16 heteroatoms. The van der Waals surface area contributed by atoms with Crippen LogP contribution in [0.1, 0.15) is 20.3 Å². The molecular formula is C32H31N10O6-. The number of anilines is 2. The van der Waals surface area contributed by atoms with E-state index in [1.54, 1.807) is 60.3 Å². The summed E-state index contributed by atoms with van der Waals surface area (Å²) in [6, 6.07) is 11.9. The Labute approximate surface area is 275 Å². The second-order valence-electron chi connectivity index (χ2n) is 11.1. The molecule has 1 aromatic carbocycles. The van der Waals surface area contributed by atoms with Crippen molar-refractivity contribution in [2.45, 2.75) is 20.3 Å². The van der Waals surface area contributed by atoms with Crippen LogP contribution in [0.3, 0.4) is 0 Å². The number of hydrazone groups is 2. The molecule has 0 bridgehead atoms. The number of nitrogens with zero attached hydrogens (tertiary/aromatic N) is 9. The minimum atomic E-state index is -0.666. The highest BCUT2D eigenvalue weighted by Crippen LogP contribution is 2.24. The average molecular weight is 652 g/mol. The van der Waals surface area contributed by atoms with Gasteiger partial charge < -0.3 is 20.5 Å². The number of amides is 3. The second-order valence-corrected chi connectivity index (χ2v) is 11.1. The third kappa shape index (κ3) is 7.05. The number of pyridine rings is 1. The summed E-state index contributed by atoms with van der Waals surface area (Å²) in [4.78, 5) is 55.4. The largest absolute Gasteiger partial charge is 0.769 e. The van der Waals surface area contributed by atoms with Crippen LogP contribution in [0.2, 0.25) is 0 Å². The number of imide groups is 1. The third-order valence-corrected chi connectivity index (χ3v) is 7.37. The fourth-order valence-electron chi connectivity index (χ4n) is 4.90. The van der Waals surface area contributed by atoms with Crippen molar-refractivity contribution in [3.8, 4) is 0 Å². The first-order valence-electron chi connectivity index (χ1n) is 14.7. The van der Waals surface area contributed by atoms with E-state index in [1.165, 1.54) is 11.8 Å². The molecule has 0 radical (unpaired) electrons. The quantitative estimate of drug-likeness (QED) is 0.173. The molecule has 0 atom stereocenters. The number of benzene rings is 1. The number of hydrogen-bond donors (Lipinski definition) is 1. The van der Waals surface area contributed by atoms with Crippen LogP contribution in [0.5, 0.6) is 0 Å². The van der Waals surface area contributed by atoms with Crippen LogP contribution < -0.4 is 15.0 Å². The van der Waals surface area contributed by atoms with E-state index in [1.807, 2.05) is 25.1 Å². The lowest BCUT2D eigenvalue weighted by Crippen LogP contribution is -2.53. The lowest BCUT2D eigenvalue weighted by molar-refractivity contribution is -0.578. The van der Waals surface area contributed by atoms with Crippen LogP contribution in [-0.2, 0) is 19.2 Å². The van der Waals surface area contributed by atoms with Crippen LogP contribution in [0.4, 0.5) is 11.4 Å². The molecule has 16 nitrogen and oxygen atoms in total. The number of hydroxylamine groups is 2. The first-order valence-corrected chi connectivity index (χ1v) is 14.7. The smallest absolute Gasteiger partial charge is 0.326 e. The highest BCUT2D eigenvalue weighted by atomic mass is 16.8. The Hall–Kier alpha value is -5.97. The molecule has 3 aliphatic rings. The highest BCUT2D eigenvalue weighted by molar-refractivity contribution is 6.71. The van der Waals surface area contributed by atoms with Crippen LogP contribution in [-0.4, -0.2) is 88.6 Å². The van der Waals surface area contributed by atoms with Crippen molar-refractivity contribution in [1.82, 2.24) is 15.0 Å². The summed E-state index contributed by atoms with van der Waals surface area (Å²) in [6.45, 7) is 4.12. The van der Waals surface area contributed by atoms with Gasteiger partial charge in [0.15, 0.2) is 23.8 Å².